The van der Waals surface area contributed by atoms with Crippen molar-refractivity contribution in [2.75, 3.05) is 6.61 Å². The summed E-state index contributed by atoms with van der Waals surface area (Å²) in [7, 11) is -1.01. The summed E-state index contributed by atoms with van der Waals surface area (Å²) in [6, 6.07) is 19.0. The van der Waals surface area contributed by atoms with Crippen molar-refractivity contribution in [3.63, 3.8) is 0 Å². The standard InChI is InChI=1S/C22H26BFO3/c1-21(2)22(3,4)27-23(26-21)20(24)19(17-11-7-5-8-12-17)15-16-25-18-13-9-6-10-14-18/h5-14H,15-16H2,1-4H3. The lowest BCUT2D eigenvalue weighted by Gasteiger charge is -2.32. The molecular formula is C22H26BFO3. The average molecular weight is 368 g/mol. The summed E-state index contributed by atoms with van der Waals surface area (Å²) in [5, 5.41) is 0. The van der Waals surface area contributed by atoms with Crippen LogP contribution in [0, 0.1) is 0 Å². The predicted octanol–water partition coefficient (Wildman–Crippen LogP) is 5.47. The van der Waals surface area contributed by atoms with Gasteiger partial charge < -0.3 is 14.0 Å². The largest absolute Gasteiger partial charge is 0.525 e. The zero-order valence-electron chi connectivity index (χ0n) is 16.4. The van der Waals surface area contributed by atoms with Gasteiger partial charge in [-0.05, 0) is 51.0 Å². The maximum Gasteiger partial charge on any atom is 0.525 e. The molecule has 3 rings (SSSR count). The molecule has 3 nitrogen and oxygen atoms in total. The first kappa shape index (κ1) is 19.7. The van der Waals surface area contributed by atoms with E-state index in [4.69, 9.17) is 14.0 Å². The zero-order valence-corrected chi connectivity index (χ0v) is 16.4. The minimum atomic E-state index is -1.01. The SMILES string of the molecule is CC1(C)OB(C(F)=C(CCOc2ccccc2)c2ccccc2)OC1(C)C. The minimum absolute atomic E-state index is 0.362. The number of rotatable bonds is 6. The maximum atomic E-state index is 15.4. The molecule has 0 unspecified atom stereocenters. The van der Waals surface area contributed by atoms with E-state index in [2.05, 4.69) is 0 Å². The van der Waals surface area contributed by atoms with Crippen LogP contribution in [0.25, 0.3) is 5.57 Å². The van der Waals surface area contributed by atoms with Crippen molar-refractivity contribution in [1.29, 1.82) is 0 Å². The molecule has 0 radical (unpaired) electrons. The third kappa shape index (κ3) is 4.42. The quantitative estimate of drug-likeness (QED) is 0.633. The van der Waals surface area contributed by atoms with Crippen LogP contribution >= 0.6 is 0 Å². The molecule has 142 valence electrons. The zero-order chi connectivity index (χ0) is 19.5. The molecule has 0 amide bonds. The van der Waals surface area contributed by atoms with Crippen molar-refractivity contribution in [2.45, 2.75) is 45.3 Å². The van der Waals surface area contributed by atoms with Gasteiger partial charge in [0.2, 0.25) is 0 Å². The summed E-state index contributed by atoms with van der Waals surface area (Å²) in [4.78, 5) is 0. The van der Waals surface area contributed by atoms with Gasteiger partial charge in [-0.15, -0.1) is 0 Å². The molecule has 0 aliphatic carbocycles. The van der Waals surface area contributed by atoms with Gasteiger partial charge in [-0.3, -0.25) is 0 Å². The van der Waals surface area contributed by atoms with Gasteiger partial charge in [-0.1, -0.05) is 48.5 Å². The summed E-state index contributed by atoms with van der Waals surface area (Å²) in [6.07, 6.45) is 0.412. The number of hydrogen-bond donors (Lipinski definition) is 0. The third-order valence-corrected chi connectivity index (χ3v) is 5.23. The first-order valence-corrected chi connectivity index (χ1v) is 9.28. The second-order valence-electron chi connectivity index (χ2n) is 7.69. The molecule has 2 aromatic rings. The van der Waals surface area contributed by atoms with Crippen molar-refractivity contribution < 1.29 is 18.4 Å². The van der Waals surface area contributed by atoms with Crippen LogP contribution in [0.1, 0.15) is 39.7 Å². The third-order valence-electron chi connectivity index (χ3n) is 5.23. The highest BCUT2D eigenvalue weighted by molar-refractivity contribution is 6.55. The van der Waals surface area contributed by atoms with E-state index < -0.39 is 24.0 Å². The fourth-order valence-corrected chi connectivity index (χ4v) is 2.92. The number of hydrogen-bond acceptors (Lipinski definition) is 3. The monoisotopic (exact) mass is 368 g/mol. The van der Waals surface area contributed by atoms with Crippen LogP contribution in [-0.2, 0) is 9.31 Å². The smallest absolute Gasteiger partial charge is 0.493 e. The Kier molecular flexibility index (Phi) is 5.73. The molecule has 0 saturated carbocycles. The molecular weight excluding hydrogens is 342 g/mol. The van der Waals surface area contributed by atoms with Gasteiger partial charge in [0.05, 0.1) is 17.8 Å². The highest BCUT2D eigenvalue weighted by Gasteiger charge is 2.53. The molecule has 27 heavy (non-hydrogen) atoms. The van der Waals surface area contributed by atoms with E-state index in [1.54, 1.807) is 0 Å². The van der Waals surface area contributed by atoms with Crippen LogP contribution in [0.2, 0.25) is 0 Å². The summed E-state index contributed by atoms with van der Waals surface area (Å²) in [5.41, 5.74) is -0.211. The van der Waals surface area contributed by atoms with E-state index in [0.717, 1.165) is 11.3 Å². The highest BCUT2D eigenvalue weighted by Crippen LogP contribution is 2.40. The summed E-state index contributed by atoms with van der Waals surface area (Å²) >= 11 is 0. The van der Waals surface area contributed by atoms with E-state index in [1.165, 1.54) is 0 Å². The van der Waals surface area contributed by atoms with E-state index in [1.807, 2.05) is 88.4 Å². The van der Waals surface area contributed by atoms with Gasteiger partial charge in [0.15, 0.2) is 0 Å². The Morgan fingerprint density at radius 1 is 0.889 bits per heavy atom. The molecule has 0 aromatic heterocycles. The Labute approximate surface area is 161 Å². The van der Waals surface area contributed by atoms with Gasteiger partial charge in [0.1, 0.15) is 11.5 Å². The van der Waals surface area contributed by atoms with Gasteiger partial charge in [-0.25, -0.2) is 4.39 Å². The molecule has 0 atom stereocenters. The Morgan fingerprint density at radius 2 is 1.41 bits per heavy atom. The topological polar surface area (TPSA) is 27.7 Å². The second-order valence-corrected chi connectivity index (χ2v) is 7.69. The van der Waals surface area contributed by atoms with Crippen molar-refractivity contribution in [3.05, 3.63) is 72.0 Å². The Balaban J connectivity index is 1.82. The van der Waals surface area contributed by atoms with Crippen LogP contribution in [-0.4, -0.2) is 24.9 Å². The fraction of sp³-hybridized carbons (Fsp3) is 0.364. The van der Waals surface area contributed by atoms with Crippen molar-refractivity contribution in [1.82, 2.24) is 0 Å². The van der Waals surface area contributed by atoms with Crippen molar-refractivity contribution in [3.8, 4) is 5.75 Å². The first-order valence-electron chi connectivity index (χ1n) is 9.28. The van der Waals surface area contributed by atoms with Crippen LogP contribution in [0.3, 0.4) is 0 Å². The second kappa shape index (κ2) is 7.87. The molecule has 5 heteroatoms. The summed E-state index contributed by atoms with van der Waals surface area (Å²) in [5.74, 6) is 0.765. The molecule has 2 aromatic carbocycles. The summed E-state index contributed by atoms with van der Waals surface area (Å²) in [6.45, 7) is 8.03. The number of halogens is 1. The van der Waals surface area contributed by atoms with Crippen molar-refractivity contribution >= 4 is 12.7 Å². The number of ether oxygens (including phenoxy) is 1. The number of para-hydroxylation sites is 1. The van der Waals surface area contributed by atoms with E-state index in [9.17, 15) is 0 Å². The van der Waals surface area contributed by atoms with Gasteiger partial charge in [-0.2, -0.15) is 0 Å². The van der Waals surface area contributed by atoms with Crippen LogP contribution in [0.15, 0.2) is 66.4 Å². The normalized spacial score (nSPS) is 18.9. The molecule has 0 N–H and O–H groups in total. The Morgan fingerprint density at radius 3 is 1.96 bits per heavy atom. The molecule has 1 aliphatic rings. The van der Waals surface area contributed by atoms with Crippen LogP contribution in [0.5, 0.6) is 5.75 Å². The number of benzene rings is 2. The van der Waals surface area contributed by atoms with E-state index >= 15 is 4.39 Å². The lowest BCUT2D eigenvalue weighted by Crippen LogP contribution is -2.41. The van der Waals surface area contributed by atoms with E-state index in [0.29, 0.717) is 18.6 Å². The van der Waals surface area contributed by atoms with Gasteiger partial charge >= 0.3 is 7.12 Å². The predicted molar refractivity (Wildman–Crippen MR) is 107 cm³/mol. The lowest BCUT2D eigenvalue weighted by molar-refractivity contribution is 0.00578. The molecule has 1 aliphatic heterocycles. The first-order chi connectivity index (χ1) is 12.8. The van der Waals surface area contributed by atoms with E-state index in [-0.39, 0.29) is 0 Å². The highest BCUT2D eigenvalue weighted by atomic mass is 19.1. The van der Waals surface area contributed by atoms with Gasteiger partial charge in [0, 0.05) is 6.42 Å². The molecule has 0 spiro atoms. The average Bonchev–Trinajstić information content (AvgIpc) is 2.87. The Hall–Kier alpha value is -2.11. The fourth-order valence-electron chi connectivity index (χ4n) is 2.92. The molecule has 1 heterocycles. The Bertz CT molecular complexity index is 772. The van der Waals surface area contributed by atoms with Crippen LogP contribution < -0.4 is 4.74 Å². The summed E-state index contributed by atoms with van der Waals surface area (Å²) < 4.78 is 33.0. The van der Waals surface area contributed by atoms with Crippen LogP contribution in [0.4, 0.5) is 4.39 Å². The minimum Gasteiger partial charge on any atom is -0.493 e. The van der Waals surface area contributed by atoms with Crippen molar-refractivity contribution in [2.24, 2.45) is 0 Å². The molecule has 1 fully saturated rings. The lowest BCUT2D eigenvalue weighted by atomic mass is 9.82. The molecule has 0 bridgehead atoms. The van der Waals surface area contributed by atoms with Gasteiger partial charge in [0.25, 0.3) is 0 Å². The molecule has 1 saturated heterocycles. The maximum absolute atomic E-state index is 15.4.